The number of benzene rings is 1. The molecule has 0 N–H and O–H groups in total. The Morgan fingerprint density at radius 3 is 2.38 bits per heavy atom. The Balaban J connectivity index is 3.39. The van der Waals surface area contributed by atoms with Gasteiger partial charge in [0.25, 0.3) is 0 Å². The number of carbonyl (C=O) groups excluding carboxylic acids is 1. The average Bonchev–Trinajstić information content (AvgIpc) is 2.18. The molecule has 0 aromatic heterocycles. The molecule has 88 valence electrons. The van der Waals surface area contributed by atoms with Gasteiger partial charge in [-0.05, 0) is 35.6 Å². The highest BCUT2D eigenvalue weighted by Gasteiger charge is 2.29. The van der Waals surface area contributed by atoms with Crippen molar-refractivity contribution in [1.82, 2.24) is 0 Å². The van der Waals surface area contributed by atoms with Gasteiger partial charge >= 0.3 is 12.9 Å². The van der Waals surface area contributed by atoms with Crippen LogP contribution in [0, 0.1) is 10.5 Å². The van der Waals surface area contributed by atoms with Crippen LogP contribution in [0.4, 0.5) is 12.9 Å². The van der Waals surface area contributed by atoms with Gasteiger partial charge in [0.2, 0.25) is 0 Å². The Labute approximate surface area is 104 Å². The second-order valence-electron chi connectivity index (χ2n) is 3.24. The molecule has 7 heteroatoms. The van der Waals surface area contributed by atoms with Crippen LogP contribution in [-0.2, 0) is 4.74 Å². The van der Waals surface area contributed by atoms with Gasteiger partial charge in [-0.2, -0.15) is 0 Å². The smallest absolute Gasteiger partial charge is 0.465 e. The van der Waals surface area contributed by atoms with Crippen LogP contribution in [0.5, 0.6) is 0 Å². The lowest BCUT2D eigenvalue weighted by atomic mass is 9.76. The topological polar surface area (TPSA) is 26.3 Å². The Bertz CT molecular complexity index is 431. The van der Waals surface area contributed by atoms with Crippen molar-refractivity contribution in [2.45, 2.75) is 6.92 Å². The van der Waals surface area contributed by atoms with Gasteiger partial charge in [-0.3, -0.25) is 0 Å². The SMILES string of the molecule is COC(=O)c1cc(I)c(C)c([B-](F)(F)F)c1. The van der Waals surface area contributed by atoms with Crippen LogP contribution in [-0.4, -0.2) is 20.1 Å². The second kappa shape index (κ2) is 4.64. The Hall–Kier alpha value is -0.725. The first-order chi connectivity index (χ1) is 7.27. The number of hydrogen-bond acceptors (Lipinski definition) is 2. The zero-order chi connectivity index (χ0) is 12.5. The molecule has 1 aromatic carbocycles. The second-order valence-corrected chi connectivity index (χ2v) is 4.40. The minimum Gasteiger partial charge on any atom is -0.465 e. The largest absolute Gasteiger partial charge is 0.509 e. The fraction of sp³-hybridized carbons (Fsp3) is 0.222. The number of hydrogen-bond donors (Lipinski definition) is 0. The molecule has 0 aliphatic rings. The summed E-state index contributed by atoms with van der Waals surface area (Å²) in [4.78, 5) is 11.2. The van der Waals surface area contributed by atoms with Crippen LogP contribution in [0.1, 0.15) is 15.9 Å². The van der Waals surface area contributed by atoms with Crippen molar-refractivity contribution < 1.29 is 22.5 Å². The van der Waals surface area contributed by atoms with Crippen LogP contribution < -0.4 is 5.46 Å². The molecule has 0 unspecified atom stereocenters. The molecule has 1 aromatic rings. The minimum absolute atomic E-state index is 0.0771. The summed E-state index contributed by atoms with van der Waals surface area (Å²) in [5.74, 6) is -0.765. The number of rotatable bonds is 2. The third-order valence-corrected chi connectivity index (χ3v) is 3.28. The van der Waals surface area contributed by atoms with E-state index in [0.29, 0.717) is 3.57 Å². The lowest BCUT2D eigenvalue weighted by Gasteiger charge is -2.19. The summed E-state index contributed by atoms with van der Waals surface area (Å²) in [5.41, 5.74) is -0.681. The van der Waals surface area contributed by atoms with Crippen molar-refractivity contribution in [2.24, 2.45) is 0 Å². The first-order valence-corrected chi connectivity index (χ1v) is 5.43. The number of methoxy groups -OCH3 is 1. The highest BCUT2D eigenvalue weighted by Crippen LogP contribution is 2.19. The van der Waals surface area contributed by atoms with Gasteiger partial charge in [-0.25, -0.2) is 4.79 Å². The van der Waals surface area contributed by atoms with Gasteiger partial charge in [-0.1, -0.05) is 11.6 Å². The van der Waals surface area contributed by atoms with Crippen LogP contribution in [0.2, 0.25) is 0 Å². The quantitative estimate of drug-likeness (QED) is 0.469. The third-order valence-electron chi connectivity index (χ3n) is 2.16. The molecule has 0 bridgehead atoms. The summed E-state index contributed by atoms with van der Waals surface area (Å²) in [6, 6.07) is 2.22. The van der Waals surface area contributed by atoms with Crippen LogP contribution in [0.15, 0.2) is 12.1 Å². The lowest BCUT2D eigenvalue weighted by molar-refractivity contribution is 0.0601. The molecule has 0 spiro atoms. The molecular weight excluding hydrogens is 335 g/mol. The van der Waals surface area contributed by atoms with E-state index in [4.69, 9.17) is 0 Å². The van der Waals surface area contributed by atoms with E-state index in [1.165, 1.54) is 13.0 Å². The predicted molar refractivity (Wildman–Crippen MR) is 63.9 cm³/mol. The molecule has 0 heterocycles. The van der Waals surface area contributed by atoms with Crippen LogP contribution in [0.25, 0.3) is 0 Å². The predicted octanol–water partition coefficient (Wildman–Crippen LogP) is 2.44. The van der Waals surface area contributed by atoms with Crippen LogP contribution in [0.3, 0.4) is 0 Å². The Kier molecular flexibility index (Phi) is 3.87. The highest BCUT2D eigenvalue weighted by atomic mass is 127. The fourth-order valence-corrected chi connectivity index (χ4v) is 1.92. The van der Waals surface area contributed by atoms with E-state index >= 15 is 0 Å². The molecule has 0 aliphatic heterocycles. The molecule has 2 nitrogen and oxygen atoms in total. The molecule has 0 atom stereocenters. The zero-order valence-corrected chi connectivity index (χ0v) is 10.7. The maximum Gasteiger partial charge on any atom is 0.509 e. The molecule has 0 aliphatic carbocycles. The van der Waals surface area contributed by atoms with Gasteiger partial charge in [0.1, 0.15) is 0 Å². The fourth-order valence-electron chi connectivity index (χ4n) is 1.28. The summed E-state index contributed by atoms with van der Waals surface area (Å²) in [5, 5.41) is 0. The van der Waals surface area contributed by atoms with Gasteiger partial charge in [0.15, 0.2) is 0 Å². The summed E-state index contributed by atoms with van der Waals surface area (Å²) in [6.07, 6.45) is 0. The summed E-state index contributed by atoms with van der Waals surface area (Å²) < 4.78 is 42.8. The van der Waals surface area contributed by atoms with E-state index in [0.717, 1.165) is 13.2 Å². The van der Waals surface area contributed by atoms with Crippen molar-refractivity contribution in [3.63, 3.8) is 0 Å². The van der Waals surface area contributed by atoms with Crippen molar-refractivity contribution in [2.75, 3.05) is 7.11 Å². The molecule has 0 fully saturated rings. The minimum atomic E-state index is -5.12. The molecule has 1 rings (SSSR count). The zero-order valence-electron chi connectivity index (χ0n) is 8.56. The molecule has 0 saturated carbocycles. The van der Waals surface area contributed by atoms with Crippen molar-refractivity contribution >= 4 is 41.0 Å². The molecule has 16 heavy (non-hydrogen) atoms. The van der Waals surface area contributed by atoms with Crippen molar-refractivity contribution in [1.29, 1.82) is 0 Å². The van der Waals surface area contributed by atoms with E-state index < -0.39 is 18.4 Å². The first-order valence-electron chi connectivity index (χ1n) is 4.35. The summed E-state index contributed by atoms with van der Waals surface area (Å²) in [6.45, 7) is -3.73. The van der Waals surface area contributed by atoms with Crippen molar-refractivity contribution in [3.05, 3.63) is 26.8 Å². The van der Waals surface area contributed by atoms with E-state index in [1.807, 2.05) is 0 Å². The normalized spacial score (nSPS) is 11.4. The summed E-state index contributed by atoms with van der Waals surface area (Å²) in [7, 11) is 1.13. The maximum absolute atomic E-state index is 12.7. The van der Waals surface area contributed by atoms with Gasteiger partial charge in [0.05, 0.1) is 12.7 Å². The molecule has 0 amide bonds. The monoisotopic (exact) mass is 343 g/mol. The average molecular weight is 343 g/mol. The highest BCUT2D eigenvalue weighted by molar-refractivity contribution is 14.1. The number of ether oxygens (including phenoxy) is 1. The van der Waals surface area contributed by atoms with E-state index in [9.17, 15) is 17.7 Å². The third kappa shape index (κ3) is 2.69. The Morgan fingerprint density at radius 1 is 1.38 bits per heavy atom. The maximum atomic E-state index is 12.7. The Morgan fingerprint density at radius 2 is 1.94 bits per heavy atom. The van der Waals surface area contributed by atoms with E-state index in [1.54, 1.807) is 22.6 Å². The number of carbonyl (C=O) groups is 1. The standard InChI is InChI=1S/C9H8BF3IO2/c1-5-7(10(11,12)13)3-6(4-8(5)14)9(15)16-2/h3-4H,1-2H3/q-1. The van der Waals surface area contributed by atoms with E-state index in [-0.39, 0.29) is 11.1 Å². The van der Waals surface area contributed by atoms with E-state index in [2.05, 4.69) is 4.74 Å². The molecule has 0 saturated heterocycles. The molecular formula is C9H8BF3IO2-. The van der Waals surface area contributed by atoms with Gasteiger partial charge < -0.3 is 17.7 Å². The van der Waals surface area contributed by atoms with Crippen molar-refractivity contribution in [3.8, 4) is 0 Å². The number of esters is 1. The lowest BCUT2D eigenvalue weighted by Crippen LogP contribution is -2.37. The molecule has 0 radical (unpaired) electrons. The first kappa shape index (κ1) is 13.3. The van der Waals surface area contributed by atoms with Gasteiger partial charge in [0, 0.05) is 3.57 Å². The van der Waals surface area contributed by atoms with Gasteiger partial charge in [-0.15, -0.1) is 5.46 Å². The summed E-state index contributed by atoms with van der Waals surface area (Å²) >= 11 is 1.77. The van der Waals surface area contributed by atoms with Crippen LogP contribution >= 0.6 is 22.6 Å². The number of halogens is 4.